The van der Waals surface area contributed by atoms with E-state index in [2.05, 4.69) is 5.32 Å². The molecule has 9 heteroatoms. The Kier molecular flexibility index (Phi) is 7.00. The molecule has 2 N–H and O–H groups in total. The number of aryl methyl sites for hydroxylation is 1. The number of methoxy groups -OCH3 is 1. The lowest BCUT2D eigenvalue weighted by Crippen LogP contribution is -2.36. The molecule has 0 aliphatic carbocycles. The Labute approximate surface area is 189 Å². The molecule has 6 nitrogen and oxygen atoms in total. The first-order valence-corrected chi connectivity index (χ1v) is 10.4. The highest BCUT2D eigenvalue weighted by atomic mass is 19.4. The Morgan fingerprint density at radius 3 is 2.42 bits per heavy atom. The van der Waals surface area contributed by atoms with Gasteiger partial charge in [-0.05, 0) is 47.9 Å². The van der Waals surface area contributed by atoms with Crippen LogP contribution in [0.1, 0.15) is 45.2 Å². The summed E-state index contributed by atoms with van der Waals surface area (Å²) in [5.41, 5.74) is 2.85. The number of alkyl halides is 3. The van der Waals surface area contributed by atoms with Crippen molar-refractivity contribution < 1.29 is 32.6 Å². The first-order valence-electron chi connectivity index (χ1n) is 10.4. The average molecular weight is 462 g/mol. The Morgan fingerprint density at radius 1 is 1.12 bits per heavy atom. The van der Waals surface area contributed by atoms with Crippen LogP contribution in [0, 0.1) is 5.92 Å². The molecule has 1 atom stereocenters. The molecule has 0 saturated carbocycles. The minimum absolute atomic E-state index is 0.108. The second kappa shape index (κ2) is 9.56. The molecule has 0 fully saturated rings. The van der Waals surface area contributed by atoms with E-state index < -0.39 is 30.5 Å². The van der Waals surface area contributed by atoms with Crippen LogP contribution in [-0.2, 0) is 13.5 Å². The number of nitrogens with one attached hydrogen (secondary N) is 1. The van der Waals surface area contributed by atoms with Crippen LogP contribution in [-0.4, -0.2) is 41.4 Å². The number of carboxylic acid groups (broad SMARTS) is 1. The second-order valence-corrected chi connectivity index (χ2v) is 7.86. The Bertz CT molecular complexity index is 1180. The number of fused-ring (bicyclic) bond motifs is 1. The molecule has 3 aromatic rings. The quantitative estimate of drug-likeness (QED) is 0.504. The third-order valence-corrected chi connectivity index (χ3v) is 5.71. The standard InChI is InChI=1S/C24H25F3N2O4/c1-4-18(24(25,26)27)12-28-22(30)15-7-8-20-19(10-15)17(13-29(20)2)9-14-5-6-16(23(31)32)11-21(14)33-3/h5-8,10-11,13,18H,4,9,12H2,1-3H3,(H,28,30)(H,31,32). The number of hydrogen-bond acceptors (Lipinski definition) is 3. The van der Waals surface area contributed by atoms with Crippen LogP contribution in [0.25, 0.3) is 10.9 Å². The van der Waals surface area contributed by atoms with Crippen LogP contribution < -0.4 is 10.1 Å². The van der Waals surface area contributed by atoms with Crippen molar-refractivity contribution >= 4 is 22.8 Å². The van der Waals surface area contributed by atoms with Crippen molar-refractivity contribution in [3.8, 4) is 5.75 Å². The third-order valence-electron chi connectivity index (χ3n) is 5.71. The van der Waals surface area contributed by atoms with Crippen LogP contribution in [0.2, 0.25) is 0 Å². The number of halogens is 3. The van der Waals surface area contributed by atoms with E-state index in [1.54, 1.807) is 24.3 Å². The van der Waals surface area contributed by atoms with Crippen LogP contribution in [0.4, 0.5) is 13.2 Å². The molecular weight excluding hydrogens is 437 g/mol. The van der Waals surface area contributed by atoms with Gasteiger partial charge in [-0.25, -0.2) is 4.79 Å². The van der Waals surface area contributed by atoms with E-state index in [1.807, 2.05) is 17.8 Å². The van der Waals surface area contributed by atoms with Gasteiger partial charge in [-0.2, -0.15) is 13.2 Å². The minimum Gasteiger partial charge on any atom is -0.496 e. The van der Waals surface area contributed by atoms with Gasteiger partial charge in [0.2, 0.25) is 0 Å². The van der Waals surface area contributed by atoms with Crippen molar-refractivity contribution in [2.45, 2.75) is 25.9 Å². The summed E-state index contributed by atoms with van der Waals surface area (Å²) in [5.74, 6) is -2.80. The summed E-state index contributed by atoms with van der Waals surface area (Å²) in [6.07, 6.45) is -2.17. The SMILES string of the molecule is CCC(CNC(=O)c1ccc2c(c1)c(Cc1ccc(C(=O)O)cc1OC)cn2C)C(F)(F)F. The molecule has 1 amide bonds. The van der Waals surface area contributed by atoms with Crippen molar-refractivity contribution in [2.75, 3.05) is 13.7 Å². The molecule has 0 bridgehead atoms. The molecule has 0 spiro atoms. The summed E-state index contributed by atoms with van der Waals surface area (Å²) in [6, 6.07) is 9.62. The van der Waals surface area contributed by atoms with E-state index in [-0.39, 0.29) is 17.5 Å². The number of benzene rings is 2. The lowest BCUT2D eigenvalue weighted by Gasteiger charge is -2.19. The number of carboxylic acids is 1. The number of aromatic carboxylic acids is 1. The highest BCUT2D eigenvalue weighted by molar-refractivity contribution is 5.99. The Morgan fingerprint density at radius 2 is 1.82 bits per heavy atom. The van der Waals surface area contributed by atoms with Gasteiger partial charge in [-0.1, -0.05) is 13.0 Å². The number of hydrogen-bond donors (Lipinski definition) is 2. The monoisotopic (exact) mass is 462 g/mol. The number of carbonyl (C=O) groups is 2. The maximum absolute atomic E-state index is 13.0. The predicted octanol–water partition coefficient (Wildman–Crippen LogP) is 4.79. The van der Waals surface area contributed by atoms with Crippen LogP contribution >= 0.6 is 0 Å². The van der Waals surface area contributed by atoms with Gasteiger partial charge in [-0.15, -0.1) is 0 Å². The third kappa shape index (κ3) is 5.30. The normalized spacial score (nSPS) is 12.5. The number of ether oxygens (including phenoxy) is 1. The summed E-state index contributed by atoms with van der Waals surface area (Å²) in [7, 11) is 3.31. The van der Waals surface area contributed by atoms with Crippen LogP contribution in [0.3, 0.4) is 0 Å². The van der Waals surface area contributed by atoms with Crippen LogP contribution in [0.15, 0.2) is 42.6 Å². The Hall–Kier alpha value is -3.49. The summed E-state index contributed by atoms with van der Waals surface area (Å²) in [5, 5.41) is 12.4. The zero-order valence-corrected chi connectivity index (χ0v) is 18.5. The number of aromatic nitrogens is 1. The minimum atomic E-state index is -4.37. The van der Waals surface area contributed by atoms with E-state index in [0.29, 0.717) is 12.2 Å². The van der Waals surface area contributed by atoms with Gasteiger partial charge in [0, 0.05) is 42.7 Å². The predicted molar refractivity (Wildman–Crippen MR) is 118 cm³/mol. The first kappa shape index (κ1) is 24.2. The lowest BCUT2D eigenvalue weighted by molar-refractivity contribution is -0.173. The maximum Gasteiger partial charge on any atom is 0.393 e. The van der Waals surface area contributed by atoms with Crippen molar-refractivity contribution in [2.24, 2.45) is 13.0 Å². The fraction of sp³-hybridized carbons (Fsp3) is 0.333. The van der Waals surface area contributed by atoms with Crippen molar-refractivity contribution in [1.82, 2.24) is 9.88 Å². The number of rotatable bonds is 8. The number of nitrogens with zero attached hydrogens (tertiary/aromatic N) is 1. The average Bonchev–Trinajstić information content (AvgIpc) is 3.07. The zero-order chi connectivity index (χ0) is 24.3. The van der Waals surface area contributed by atoms with Gasteiger partial charge >= 0.3 is 12.1 Å². The molecule has 0 saturated heterocycles. The highest BCUT2D eigenvalue weighted by Gasteiger charge is 2.38. The fourth-order valence-corrected chi connectivity index (χ4v) is 3.79. The van der Waals surface area contributed by atoms with Crippen LogP contribution in [0.5, 0.6) is 5.75 Å². The fourth-order valence-electron chi connectivity index (χ4n) is 3.79. The molecule has 0 aliphatic rings. The van der Waals surface area contributed by atoms with Gasteiger partial charge in [0.25, 0.3) is 5.91 Å². The van der Waals surface area contributed by atoms with Gasteiger partial charge in [0.1, 0.15) is 5.75 Å². The van der Waals surface area contributed by atoms with Crippen molar-refractivity contribution in [3.05, 3.63) is 64.8 Å². The summed E-state index contributed by atoms with van der Waals surface area (Å²) >= 11 is 0. The molecule has 3 rings (SSSR count). The van der Waals surface area contributed by atoms with Crippen molar-refractivity contribution in [3.63, 3.8) is 0 Å². The zero-order valence-electron chi connectivity index (χ0n) is 18.5. The topological polar surface area (TPSA) is 80.6 Å². The molecule has 176 valence electrons. The van der Waals surface area contributed by atoms with E-state index in [4.69, 9.17) is 4.74 Å². The van der Waals surface area contributed by atoms with E-state index >= 15 is 0 Å². The van der Waals surface area contributed by atoms with E-state index in [0.717, 1.165) is 22.0 Å². The lowest BCUT2D eigenvalue weighted by atomic mass is 10.0. The second-order valence-electron chi connectivity index (χ2n) is 7.86. The smallest absolute Gasteiger partial charge is 0.393 e. The molecule has 2 aromatic carbocycles. The summed E-state index contributed by atoms with van der Waals surface area (Å²) < 4.78 is 46.2. The maximum atomic E-state index is 13.0. The molecule has 1 aromatic heterocycles. The van der Waals surface area contributed by atoms with Gasteiger partial charge in [-0.3, -0.25) is 4.79 Å². The molecule has 0 radical (unpaired) electrons. The summed E-state index contributed by atoms with van der Waals surface area (Å²) in [6.45, 7) is 0.954. The molecule has 1 heterocycles. The Balaban J connectivity index is 1.89. The largest absolute Gasteiger partial charge is 0.496 e. The number of amides is 1. The highest BCUT2D eigenvalue weighted by Crippen LogP contribution is 2.30. The number of carbonyl (C=O) groups excluding carboxylic acids is 1. The molecular formula is C24H25F3N2O4. The molecule has 33 heavy (non-hydrogen) atoms. The first-order chi connectivity index (χ1) is 15.5. The van der Waals surface area contributed by atoms with Crippen molar-refractivity contribution in [1.29, 1.82) is 0 Å². The molecule has 1 unspecified atom stereocenters. The van der Waals surface area contributed by atoms with E-state index in [1.165, 1.54) is 26.2 Å². The van der Waals surface area contributed by atoms with Gasteiger partial charge < -0.3 is 19.7 Å². The summed E-state index contributed by atoms with van der Waals surface area (Å²) in [4.78, 5) is 23.8. The van der Waals surface area contributed by atoms with Gasteiger partial charge in [0.15, 0.2) is 0 Å². The van der Waals surface area contributed by atoms with E-state index in [9.17, 15) is 27.9 Å². The van der Waals surface area contributed by atoms with Gasteiger partial charge in [0.05, 0.1) is 18.6 Å². The molecule has 0 aliphatic heterocycles.